The summed E-state index contributed by atoms with van der Waals surface area (Å²) in [4.78, 5) is 0. The molecule has 0 aliphatic heterocycles. The molecule has 1 rings (SSSR count). The minimum absolute atomic E-state index is 1.01. The Kier molecular flexibility index (Phi) is 5.94. The second kappa shape index (κ2) is 6.12. The van der Waals surface area contributed by atoms with E-state index in [-0.39, 0.29) is 0 Å². The van der Waals surface area contributed by atoms with E-state index in [0.29, 0.717) is 0 Å². The molecule has 1 aromatic carbocycles. The van der Waals surface area contributed by atoms with Crippen molar-refractivity contribution >= 4 is 26.4 Å². The van der Waals surface area contributed by atoms with Crippen LogP contribution in [0.2, 0.25) is 0 Å². The van der Waals surface area contributed by atoms with Gasteiger partial charge in [-0.1, -0.05) is 0 Å². The summed E-state index contributed by atoms with van der Waals surface area (Å²) in [5.74, 6) is 0. The van der Waals surface area contributed by atoms with Gasteiger partial charge in [-0.3, -0.25) is 9.11 Å². The molecule has 0 aliphatic rings. The van der Waals surface area contributed by atoms with E-state index in [4.69, 9.17) is 17.5 Å². The van der Waals surface area contributed by atoms with Crippen molar-refractivity contribution in [3.63, 3.8) is 0 Å². The zero-order chi connectivity index (χ0) is 10.3. The van der Waals surface area contributed by atoms with Gasteiger partial charge in [0, 0.05) is 0 Å². The molecule has 2 N–H and O–H groups in total. The predicted octanol–water partition coefficient (Wildman–Crippen LogP) is 0.702. The van der Waals surface area contributed by atoms with Gasteiger partial charge in [-0.05, 0) is 0 Å². The first-order chi connectivity index (χ1) is 5.93. The van der Waals surface area contributed by atoms with Crippen molar-refractivity contribution < 1.29 is 17.5 Å². The maximum absolute atomic E-state index is 8.74. The van der Waals surface area contributed by atoms with Crippen molar-refractivity contribution in [1.29, 1.82) is 0 Å². The molecule has 0 heterocycles. The minimum atomic E-state index is -4.67. The SMILES string of the molecule is O=S(=O)(O)O.[Se+]Cc1ccccc1. The van der Waals surface area contributed by atoms with Gasteiger partial charge in [0.1, 0.15) is 0 Å². The second-order valence-electron chi connectivity index (χ2n) is 2.08. The molecular weight excluding hydrogens is 259 g/mol. The molecule has 0 aliphatic carbocycles. The predicted molar refractivity (Wildman–Crippen MR) is 50.1 cm³/mol. The average molecular weight is 268 g/mol. The van der Waals surface area contributed by atoms with E-state index >= 15 is 0 Å². The fourth-order valence-corrected chi connectivity index (χ4v) is 0.978. The molecule has 4 nitrogen and oxygen atoms in total. The van der Waals surface area contributed by atoms with Crippen LogP contribution >= 0.6 is 0 Å². The first-order valence-electron chi connectivity index (χ1n) is 3.25. The Morgan fingerprint density at radius 2 is 1.54 bits per heavy atom. The van der Waals surface area contributed by atoms with Crippen LogP contribution in [0.25, 0.3) is 0 Å². The number of hydrogen-bond donors (Lipinski definition) is 2. The number of benzene rings is 1. The van der Waals surface area contributed by atoms with Crippen LogP contribution < -0.4 is 0 Å². The van der Waals surface area contributed by atoms with Gasteiger partial charge in [0.15, 0.2) is 0 Å². The van der Waals surface area contributed by atoms with Crippen LogP contribution in [0.3, 0.4) is 0 Å². The summed E-state index contributed by atoms with van der Waals surface area (Å²) in [5.41, 5.74) is 1.35. The molecule has 72 valence electrons. The van der Waals surface area contributed by atoms with Crippen LogP contribution in [0.5, 0.6) is 0 Å². The number of hydrogen-bond acceptors (Lipinski definition) is 2. The van der Waals surface area contributed by atoms with Crippen LogP contribution in [0, 0.1) is 0 Å². The van der Waals surface area contributed by atoms with E-state index < -0.39 is 10.4 Å². The molecular formula is C7H9O4SSe+. The molecule has 1 aromatic rings. The van der Waals surface area contributed by atoms with Crippen LogP contribution in [0.1, 0.15) is 5.56 Å². The van der Waals surface area contributed by atoms with E-state index in [0.717, 1.165) is 5.32 Å². The molecule has 0 saturated carbocycles. The number of rotatable bonds is 1. The van der Waals surface area contributed by atoms with Gasteiger partial charge in [0.05, 0.1) is 0 Å². The zero-order valence-electron chi connectivity index (χ0n) is 6.62. The molecule has 0 atom stereocenters. The summed E-state index contributed by atoms with van der Waals surface area (Å²) < 4.78 is 31.6. The molecule has 0 fully saturated rings. The Morgan fingerprint density at radius 3 is 1.77 bits per heavy atom. The Hall–Kier alpha value is -0.391. The summed E-state index contributed by atoms with van der Waals surface area (Å²) in [7, 11) is -4.67. The second-order valence-corrected chi connectivity index (χ2v) is 3.58. The van der Waals surface area contributed by atoms with Crippen molar-refractivity contribution in [2.75, 3.05) is 0 Å². The Labute approximate surface area is 85.4 Å². The van der Waals surface area contributed by atoms with Gasteiger partial charge < -0.3 is 0 Å². The Morgan fingerprint density at radius 1 is 1.15 bits per heavy atom. The quantitative estimate of drug-likeness (QED) is 0.581. The standard InChI is InChI=1S/C7H7Se.H2O4S/c8-6-7-4-2-1-3-5-7;1-5(2,3)4/h1-5H,6H2;(H2,1,2,3,4)/q+1;. The van der Waals surface area contributed by atoms with E-state index in [2.05, 4.69) is 28.1 Å². The summed E-state index contributed by atoms with van der Waals surface area (Å²) in [6.07, 6.45) is 0. The molecule has 0 saturated heterocycles. The molecule has 0 bridgehead atoms. The summed E-state index contributed by atoms with van der Waals surface area (Å²) in [6.45, 7) is 0. The third-order valence-corrected chi connectivity index (χ3v) is 1.71. The monoisotopic (exact) mass is 269 g/mol. The van der Waals surface area contributed by atoms with E-state index in [9.17, 15) is 0 Å². The van der Waals surface area contributed by atoms with Gasteiger partial charge in [0.25, 0.3) is 0 Å². The fourth-order valence-electron chi connectivity index (χ4n) is 0.574. The van der Waals surface area contributed by atoms with Gasteiger partial charge in [0.2, 0.25) is 0 Å². The third-order valence-electron chi connectivity index (χ3n) is 1.01. The van der Waals surface area contributed by atoms with Crippen LogP contribution in [0.15, 0.2) is 30.3 Å². The van der Waals surface area contributed by atoms with Crippen molar-refractivity contribution in [3.05, 3.63) is 35.9 Å². The van der Waals surface area contributed by atoms with Gasteiger partial charge in [-0.15, -0.1) is 0 Å². The summed E-state index contributed by atoms with van der Waals surface area (Å²) >= 11 is 2.96. The van der Waals surface area contributed by atoms with Crippen molar-refractivity contribution in [2.24, 2.45) is 0 Å². The molecule has 0 amide bonds. The van der Waals surface area contributed by atoms with Crippen molar-refractivity contribution in [2.45, 2.75) is 5.32 Å². The maximum atomic E-state index is 8.74. The van der Waals surface area contributed by atoms with Crippen LogP contribution in [-0.2, 0) is 15.7 Å². The van der Waals surface area contributed by atoms with Crippen molar-refractivity contribution in [1.82, 2.24) is 0 Å². The first kappa shape index (κ1) is 12.6. The Bertz CT molecular complexity index is 314. The molecule has 13 heavy (non-hydrogen) atoms. The van der Waals surface area contributed by atoms with Crippen LogP contribution in [-0.4, -0.2) is 33.5 Å². The van der Waals surface area contributed by atoms with E-state index in [1.165, 1.54) is 5.56 Å². The molecule has 0 unspecified atom stereocenters. The fraction of sp³-hybridized carbons (Fsp3) is 0.143. The van der Waals surface area contributed by atoms with E-state index in [1.54, 1.807) is 0 Å². The topological polar surface area (TPSA) is 74.6 Å². The average Bonchev–Trinajstić information content (AvgIpc) is 2.03. The molecule has 0 aromatic heterocycles. The molecule has 2 radical (unpaired) electrons. The van der Waals surface area contributed by atoms with E-state index in [1.807, 2.05) is 18.2 Å². The Balaban J connectivity index is 0.000000252. The summed E-state index contributed by atoms with van der Waals surface area (Å²) in [6, 6.07) is 10.3. The molecule has 6 heteroatoms. The van der Waals surface area contributed by atoms with Gasteiger partial charge in [-0.25, -0.2) is 0 Å². The van der Waals surface area contributed by atoms with Crippen LogP contribution in [0.4, 0.5) is 0 Å². The first-order valence-corrected chi connectivity index (χ1v) is 5.86. The summed E-state index contributed by atoms with van der Waals surface area (Å²) in [5, 5.41) is 1.01. The van der Waals surface area contributed by atoms with Crippen molar-refractivity contribution in [3.8, 4) is 0 Å². The third kappa shape index (κ3) is 11.6. The van der Waals surface area contributed by atoms with Gasteiger partial charge >= 0.3 is 67.6 Å². The molecule has 0 spiro atoms. The normalized spacial score (nSPS) is 10.1. The van der Waals surface area contributed by atoms with Gasteiger partial charge in [-0.2, -0.15) is 8.42 Å². The zero-order valence-corrected chi connectivity index (χ0v) is 9.15.